The van der Waals surface area contributed by atoms with Gasteiger partial charge in [0, 0.05) is 29.2 Å². The molecule has 1 N–H and O–H groups in total. The second-order valence-corrected chi connectivity index (χ2v) is 5.95. The molecule has 2 aliphatic heterocycles. The summed E-state index contributed by atoms with van der Waals surface area (Å²) in [5, 5.41) is 4.32. The third kappa shape index (κ3) is 2.04. The maximum absolute atomic E-state index is 6.18. The van der Waals surface area contributed by atoms with E-state index in [-0.39, 0.29) is 0 Å². The summed E-state index contributed by atoms with van der Waals surface area (Å²) in [4.78, 5) is 2.46. The molecular formula is C14H19ClN2. The number of nitrogens with zero attached hydrogens (tertiary/aromatic N) is 1. The molecule has 2 heterocycles. The van der Waals surface area contributed by atoms with Crippen LogP contribution in [0.25, 0.3) is 0 Å². The van der Waals surface area contributed by atoms with Crippen LogP contribution >= 0.6 is 11.6 Å². The van der Waals surface area contributed by atoms with Crippen LogP contribution in [-0.4, -0.2) is 26.2 Å². The summed E-state index contributed by atoms with van der Waals surface area (Å²) in [5.74, 6) is 0. The van der Waals surface area contributed by atoms with Crippen LogP contribution in [0.2, 0.25) is 5.02 Å². The van der Waals surface area contributed by atoms with Crippen LogP contribution in [-0.2, 0) is 0 Å². The van der Waals surface area contributed by atoms with Crippen LogP contribution in [0.5, 0.6) is 0 Å². The minimum Gasteiger partial charge on any atom is -0.370 e. The molecule has 0 aromatic heterocycles. The van der Waals surface area contributed by atoms with Gasteiger partial charge in [-0.3, -0.25) is 0 Å². The van der Waals surface area contributed by atoms with E-state index in [1.54, 1.807) is 0 Å². The van der Waals surface area contributed by atoms with Crippen molar-refractivity contribution >= 4 is 17.3 Å². The summed E-state index contributed by atoms with van der Waals surface area (Å²) in [6.45, 7) is 6.82. The van der Waals surface area contributed by atoms with Crippen LogP contribution in [0.4, 0.5) is 5.69 Å². The van der Waals surface area contributed by atoms with Gasteiger partial charge in [0.15, 0.2) is 0 Å². The smallest absolute Gasteiger partial charge is 0.0455 e. The molecule has 0 atom stereocenters. The zero-order chi connectivity index (χ0) is 11.9. The first-order chi connectivity index (χ1) is 8.19. The highest BCUT2D eigenvalue weighted by atomic mass is 35.5. The van der Waals surface area contributed by atoms with E-state index in [1.807, 2.05) is 0 Å². The molecule has 3 rings (SSSR count). The SMILES string of the molecule is Cc1ccc(N2CC3(CCNCC3)C2)cc1Cl. The highest BCUT2D eigenvalue weighted by Crippen LogP contribution is 2.41. The molecule has 17 heavy (non-hydrogen) atoms. The lowest BCUT2D eigenvalue weighted by Crippen LogP contribution is -2.60. The van der Waals surface area contributed by atoms with E-state index in [1.165, 1.54) is 44.7 Å². The number of nitrogens with one attached hydrogen (secondary N) is 1. The predicted octanol–water partition coefficient (Wildman–Crippen LogP) is 2.84. The van der Waals surface area contributed by atoms with Crippen molar-refractivity contribution in [2.24, 2.45) is 5.41 Å². The Balaban J connectivity index is 1.70. The first kappa shape index (κ1) is 11.4. The monoisotopic (exact) mass is 250 g/mol. The number of hydrogen-bond donors (Lipinski definition) is 1. The van der Waals surface area contributed by atoms with Crippen LogP contribution < -0.4 is 10.2 Å². The molecule has 2 aliphatic rings. The first-order valence-corrected chi connectivity index (χ1v) is 6.78. The van der Waals surface area contributed by atoms with Gasteiger partial charge in [-0.25, -0.2) is 0 Å². The second-order valence-electron chi connectivity index (χ2n) is 5.54. The maximum Gasteiger partial charge on any atom is 0.0455 e. The van der Waals surface area contributed by atoms with E-state index < -0.39 is 0 Å². The molecule has 0 radical (unpaired) electrons. The van der Waals surface area contributed by atoms with Crippen LogP contribution in [0.3, 0.4) is 0 Å². The molecule has 1 aromatic rings. The van der Waals surface area contributed by atoms with E-state index >= 15 is 0 Å². The van der Waals surface area contributed by atoms with Gasteiger partial charge in [-0.15, -0.1) is 0 Å². The van der Waals surface area contributed by atoms with Gasteiger partial charge in [-0.1, -0.05) is 17.7 Å². The Labute approximate surface area is 108 Å². The summed E-state index contributed by atoms with van der Waals surface area (Å²) in [6, 6.07) is 6.41. The Kier molecular flexibility index (Phi) is 2.80. The lowest BCUT2D eigenvalue weighted by atomic mass is 9.72. The van der Waals surface area contributed by atoms with E-state index in [2.05, 4.69) is 35.3 Å². The van der Waals surface area contributed by atoms with Crippen molar-refractivity contribution in [2.45, 2.75) is 19.8 Å². The van der Waals surface area contributed by atoms with E-state index in [9.17, 15) is 0 Å². The molecule has 2 saturated heterocycles. The van der Waals surface area contributed by atoms with E-state index in [4.69, 9.17) is 11.6 Å². The quantitative estimate of drug-likeness (QED) is 0.825. The molecule has 2 nitrogen and oxygen atoms in total. The number of benzene rings is 1. The standard InChI is InChI=1S/C14H19ClN2/c1-11-2-3-12(8-13(11)15)17-9-14(10-17)4-6-16-7-5-14/h2-3,8,16H,4-7,9-10H2,1H3. The minimum atomic E-state index is 0.586. The molecule has 0 unspecified atom stereocenters. The number of piperidine rings is 1. The van der Waals surface area contributed by atoms with Crippen LogP contribution in [0.15, 0.2) is 18.2 Å². The van der Waals surface area contributed by atoms with Crippen molar-refractivity contribution < 1.29 is 0 Å². The average molecular weight is 251 g/mol. The normalized spacial score (nSPS) is 22.6. The average Bonchev–Trinajstić information content (AvgIpc) is 2.31. The van der Waals surface area contributed by atoms with Gasteiger partial charge in [-0.05, 0) is 50.6 Å². The zero-order valence-electron chi connectivity index (χ0n) is 10.3. The number of rotatable bonds is 1. The summed E-state index contributed by atoms with van der Waals surface area (Å²) in [7, 11) is 0. The summed E-state index contributed by atoms with van der Waals surface area (Å²) < 4.78 is 0. The Morgan fingerprint density at radius 1 is 1.24 bits per heavy atom. The topological polar surface area (TPSA) is 15.3 Å². The number of aryl methyl sites for hydroxylation is 1. The Morgan fingerprint density at radius 3 is 2.59 bits per heavy atom. The highest BCUT2D eigenvalue weighted by Gasteiger charge is 2.43. The largest absolute Gasteiger partial charge is 0.370 e. The number of hydrogen-bond acceptors (Lipinski definition) is 2. The van der Waals surface area contributed by atoms with Crippen molar-refractivity contribution in [1.29, 1.82) is 0 Å². The van der Waals surface area contributed by atoms with Crippen molar-refractivity contribution in [3.63, 3.8) is 0 Å². The molecule has 0 saturated carbocycles. The van der Waals surface area contributed by atoms with Crippen LogP contribution in [0, 0.1) is 12.3 Å². The van der Waals surface area contributed by atoms with Gasteiger partial charge in [0.1, 0.15) is 0 Å². The fraction of sp³-hybridized carbons (Fsp3) is 0.571. The molecule has 1 aromatic carbocycles. The Hall–Kier alpha value is -0.730. The Bertz CT molecular complexity index is 416. The summed E-state index contributed by atoms with van der Waals surface area (Å²) in [5.41, 5.74) is 3.03. The summed E-state index contributed by atoms with van der Waals surface area (Å²) in [6.07, 6.45) is 2.65. The van der Waals surface area contributed by atoms with Crippen molar-refractivity contribution in [3.05, 3.63) is 28.8 Å². The molecule has 0 aliphatic carbocycles. The second kappa shape index (κ2) is 4.18. The molecule has 2 fully saturated rings. The molecule has 1 spiro atoms. The van der Waals surface area contributed by atoms with Crippen molar-refractivity contribution in [2.75, 3.05) is 31.1 Å². The molecule has 3 heteroatoms. The van der Waals surface area contributed by atoms with Gasteiger partial charge in [0.05, 0.1) is 0 Å². The van der Waals surface area contributed by atoms with Crippen LogP contribution in [0.1, 0.15) is 18.4 Å². The third-order valence-electron chi connectivity index (χ3n) is 4.24. The first-order valence-electron chi connectivity index (χ1n) is 6.40. The summed E-state index contributed by atoms with van der Waals surface area (Å²) >= 11 is 6.18. The minimum absolute atomic E-state index is 0.586. The van der Waals surface area contributed by atoms with Crippen molar-refractivity contribution in [1.82, 2.24) is 5.32 Å². The van der Waals surface area contributed by atoms with Gasteiger partial charge in [0.25, 0.3) is 0 Å². The lowest BCUT2D eigenvalue weighted by molar-refractivity contribution is 0.150. The molecule has 0 bridgehead atoms. The molecular weight excluding hydrogens is 232 g/mol. The number of anilines is 1. The third-order valence-corrected chi connectivity index (χ3v) is 4.64. The van der Waals surface area contributed by atoms with Crippen molar-refractivity contribution in [3.8, 4) is 0 Å². The maximum atomic E-state index is 6.18. The van der Waals surface area contributed by atoms with E-state index in [0.717, 1.165) is 10.6 Å². The lowest BCUT2D eigenvalue weighted by Gasteiger charge is -2.53. The fourth-order valence-corrected chi connectivity index (χ4v) is 3.17. The van der Waals surface area contributed by atoms with Gasteiger partial charge < -0.3 is 10.2 Å². The number of halogens is 1. The molecule has 92 valence electrons. The van der Waals surface area contributed by atoms with E-state index in [0.29, 0.717) is 5.41 Å². The predicted molar refractivity (Wildman–Crippen MR) is 72.9 cm³/mol. The molecule has 0 amide bonds. The fourth-order valence-electron chi connectivity index (χ4n) is 3.00. The highest BCUT2D eigenvalue weighted by molar-refractivity contribution is 6.31. The Morgan fingerprint density at radius 2 is 1.94 bits per heavy atom. The zero-order valence-corrected chi connectivity index (χ0v) is 11.1. The van der Waals surface area contributed by atoms with Gasteiger partial charge in [-0.2, -0.15) is 0 Å². The van der Waals surface area contributed by atoms with Gasteiger partial charge in [0.2, 0.25) is 0 Å². The van der Waals surface area contributed by atoms with Gasteiger partial charge >= 0.3 is 0 Å².